The van der Waals surface area contributed by atoms with E-state index in [4.69, 9.17) is 5.11 Å². The molecular formula is C14H20N2O4S. The van der Waals surface area contributed by atoms with E-state index in [0.29, 0.717) is 13.1 Å². The number of nitrogens with one attached hydrogen (secondary N) is 1. The van der Waals surface area contributed by atoms with Crippen molar-refractivity contribution < 1.29 is 18.3 Å². The van der Waals surface area contributed by atoms with Crippen LogP contribution in [0.2, 0.25) is 0 Å². The summed E-state index contributed by atoms with van der Waals surface area (Å²) in [4.78, 5) is 12.9. The molecule has 1 fully saturated rings. The predicted molar refractivity (Wildman–Crippen MR) is 78.5 cm³/mol. The van der Waals surface area contributed by atoms with Gasteiger partial charge in [-0.15, -0.1) is 0 Å². The van der Waals surface area contributed by atoms with E-state index in [-0.39, 0.29) is 17.4 Å². The highest BCUT2D eigenvalue weighted by molar-refractivity contribution is 7.89. The third-order valence-electron chi connectivity index (χ3n) is 3.52. The van der Waals surface area contributed by atoms with Crippen molar-refractivity contribution in [3.63, 3.8) is 0 Å². The van der Waals surface area contributed by atoms with Crippen molar-refractivity contribution in [3.8, 4) is 0 Å². The molecule has 0 saturated carbocycles. The van der Waals surface area contributed by atoms with Crippen molar-refractivity contribution in [2.75, 3.05) is 19.6 Å². The summed E-state index contributed by atoms with van der Waals surface area (Å²) in [5.74, 6) is -0.831. The van der Waals surface area contributed by atoms with Crippen molar-refractivity contribution in [1.82, 2.24) is 9.62 Å². The van der Waals surface area contributed by atoms with Gasteiger partial charge in [0, 0.05) is 19.1 Å². The highest BCUT2D eigenvalue weighted by Crippen LogP contribution is 2.14. The van der Waals surface area contributed by atoms with Gasteiger partial charge in [0.1, 0.15) is 0 Å². The Labute approximate surface area is 124 Å². The molecule has 1 aromatic rings. The van der Waals surface area contributed by atoms with Crippen molar-refractivity contribution in [2.45, 2.75) is 30.2 Å². The van der Waals surface area contributed by atoms with Crippen LogP contribution < -0.4 is 4.72 Å². The molecule has 0 radical (unpaired) electrons. The van der Waals surface area contributed by atoms with Crippen LogP contribution in [-0.2, 0) is 14.8 Å². The van der Waals surface area contributed by atoms with E-state index >= 15 is 0 Å². The molecule has 6 nitrogen and oxygen atoms in total. The summed E-state index contributed by atoms with van der Waals surface area (Å²) in [6.07, 6.45) is 1.72. The second-order valence-corrected chi connectivity index (χ2v) is 6.93. The van der Waals surface area contributed by atoms with Gasteiger partial charge in [0.2, 0.25) is 10.0 Å². The third kappa shape index (κ3) is 4.80. The van der Waals surface area contributed by atoms with Crippen LogP contribution in [0.3, 0.4) is 0 Å². The van der Waals surface area contributed by atoms with Crippen molar-refractivity contribution in [2.24, 2.45) is 0 Å². The van der Waals surface area contributed by atoms with Crippen molar-refractivity contribution in [3.05, 3.63) is 30.3 Å². The lowest BCUT2D eigenvalue weighted by Gasteiger charge is -2.32. The van der Waals surface area contributed by atoms with Crippen LogP contribution in [0.1, 0.15) is 19.3 Å². The normalized spacial score (nSPS) is 20.3. The lowest BCUT2D eigenvalue weighted by Crippen LogP contribution is -2.48. The first-order chi connectivity index (χ1) is 9.97. The number of rotatable bonds is 6. The van der Waals surface area contributed by atoms with Gasteiger partial charge in [0.05, 0.1) is 11.3 Å². The molecule has 1 aliphatic rings. The maximum absolute atomic E-state index is 12.2. The molecule has 116 valence electrons. The van der Waals surface area contributed by atoms with E-state index in [1.165, 1.54) is 0 Å². The minimum Gasteiger partial charge on any atom is -0.481 e. The summed E-state index contributed by atoms with van der Waals surface area (Å²) in [6.45, 7) is 1.83. The van der Waals surface area contributed by atoms with E-state index in [2.05, 4.69) is 4.72 Å². The summed E-state index contributed by atoms with van der Waals surface area (Å²) >= 11 is 0. The van der Waals surface area contributed by atoms with Crippen molar-refractivity contribution >= 4 is 16.0 Å². The number of carbonyl (C=O) groups is 1. The Morgan fingerprint density at radius 2 is 2.05 bits per heavy atom. The number of hydrogen-bond acceptors (Lipinski definition) is 4. The molecule has 1 aliphatic heterocycles. The highest BCUT2D eigenvalue weighted by Gasteiger charge is 2.25. The number of nitrogens with zero attached hydrogens (tertiary/aromatic N) is 1. The molecule has 0 aliphatic carbocycles. The molecule has 1 atom stereocenters. The summed E-state index contributed by atoms with van der Waals surface area (Å²) in [5, 5.41) is 8.71. The molecule has 2 N–H and O–H groups in total. The number of sulfonamides is 1. The van der Waals surface area contributed by atoms with Crippen LogP contribution in [-0.4, -0.2) is 50.1 Å². The van der Waals surface area contributed by atoms with E-state index < -0.39 is 16.0 Å². The number of aliphatic carboxylic acids is 1. The average Bonchev–Trinajstić information content (AvgIpc) is 2.46. The van der Waals surface area contributed by atoms with E-state index in [0.717, 1.165) is 19.4 Å². The van der Waals surface area contributed by atoms with Gasteiger partial charge < -0.3 is 10.0 Å². The van der Waals surface area contributed by atoms with Gasteiger partial charge in [0.15, 0.2) is 0 Å². The Kier molecular flexibility index (Phi) is 5.33. The first-order valence-corrected chi connectivity index (χ1v) is 8.47. The third-order valence-corrected chi connectivity index (χ3v) is 5.06. The monoisotopic (exact) mass is 312 g/mol. The van der Waals surface area contributed by atoms with E-state index in [9.17, 15) is 13.2 Å². The fraction of sp³-hybridized carbons (Fsp3) is 0.500. The standard InChI is InChI=1S/C14H20N2O4S/c17-14(18)8-10-16-9-4-5-12(11-16)15-21(19,20)13-6-2-1-3-7-13/h1-3,6-7,12,15H,4-5,8-11H2,(H,17,18). The molecule has 1 saturated heterocycles. The van der Waals surface area contributed by atoms with Gasteiger partial charge in [-0.25, -0.2) is 13.1 Å². The zero-order valence-electron chi connectivity index (χ0n) is 11.7. The summed E-state index contributed by atoms with van der Waals surface area (Å²) in [7, 11) is -3.51. The number of carboxylic acid groups (broad SMARTS) is 1. The number of benzene rings is 1. The Hall–Kier alpha value is -1.44. The largest absolute Gasteiger partial charge is 0.481 e. The first kappa shape index (κ1) is 15.9. The van der Waals surface area contributed by atoms with Crippen LogP contribution in [0.4, 0.5) is 0 Å². The topological polar surface area (TPSA) is 86.7 Å². The zero-order valence-corrected chi connectivity index (χ0v) is 12.6. The predicted octanol–water partition coefficient (Wildman–Crippen LogP) is 0.904. The van der Waals surface area contributed by atoms with Gasteiger partial charge in [-0.05, 0) is 31.5 Å². The van der Waals surface area contributed by atoms with Gasteiger partial charge >= 0.3 is 5.97 Å². The summed E-state index contributed by atoms with van der Waals surface area (Å²) < 4.78 is 27.2. The number of hydrogen-bond donors (Lipinski definition) is 2. The Bertz CT molecular complexity index is 574. The molecule has 1 unspecified atom stereocenters. The van der Waals surface area contributed by atoms with Crippen LogP contribution >= 0.6 is 0 Å². The lowest BCUT2D eigenvalue weighted by molar-refractivity contribution is -0.137. The molecule has 0 amide bonds. The summed E-state index contributed by atoms with van der Waals surface area (Å²) in [5.41, 5.74) is 0. The van der Waals surface area contributed by atoms with Crippen LogP contribution in [0, 0.1) is 0 Å². The smallest absolute Gasteiger partial charge is 0.304 e. The maximum Gasteiger partial charge on any atom is 0.304 e. The first-order valence-electron chi connectivity index (χ1n) is 6.99. The minimum atomic E-state index is -3.51. The molecule has 1 heterocycles. The Balaban J connectivity index is 1.94. The molecule has 0 spiro atoms. The fourth-order valence-electron chi connectivity index (χ4n) is 2.50. The van der Waals surface area contributed by atoms with Gasteiger partial charge in [0.25, 0.3) is 0 Å². The molecule has 0 aromatic heterocycles. The molecule has 2 rings (SSSR count). The van der Waals surface area contributed by atoms with Crippen LogP contribution in [0.5, 0.6) is 0 Å². The number of piperidine rings is 1. The lowest BCUT2D eigenvalue weighted by atomic mass is 10.1. The Morgan fingerprint density at radius 3 is 2.71 bits per heavy atom. The van der Waals surface area contributed by atoms with Gasteiger partial charge in [-0.2, -0.15) is 0 Å². The Morgan fingerprint density at radius 1 is 1.33 bits per heavy atom. The second-order valence-electron chi connectivity index (χ2n) is 5.22. The molecule has 0 bridgehead atoms. The van der Waals surface area contributed by atoms with Crippen LogP contribution in [0.25, 0.3) is 0 Å². The fourth-order valence-corrected chi connectivity index (χ4v) is 3.78. The maximum atomic E-state index is 12.2. The quantitative estimate of drug-likeness (QED) is 0.815. The molecule has 21 heavy (non-hydrogen) atoms. The minimum absolute atomic E-state index is 0.0815. The van der Waals surface area contributed by atoms with Crippen molar-refractivity contribution in [1.29, 1.82) is 0 Å². The van der Waals surface area contributed by atoms with Crippen LogP contribution in [0.15, 0.2) is 35.2 Å². The zero-order chi connectivity index (χ0) is 15.3. The molecule has 7 heteroatoms. The highest BCUT2D eigenvalue weighted by atomic mass is 32.2. The second kappa shape index (κ2) is 7.02. The van der Waals surface area contributed by atoms with Gasteiger partial charge in [-0.1, -0.05) is 18.2 Å². The van der Waals surface area contributed by atoms with E-state index in [1.54, 1.807) is 30.3 Å². The SMILES string of the molecule is O=C(O)CCN1CCCC(NS(=O)(=O)c2ccccc2)C1. The molecule has 1 aromatic carbocycles. The number of carboxylic acids is 1. The number of likely N-dealkylation sites (tertiary alicyclic amines) is 1. The summed E-state index contributed by atoms with van der Waals surface area (Å²) in [6, 6.07) is 8.11. The van der Waals surface area contributed by atoms with E-state index in [1.807, 2.05) is 4.90 Å². The van der Waals surface area contributed by atoms with Gasteiger partial charge in [-0.3, -0.25) is 4.79 Å². The average molecular weight is 312 g/mol. The molecular weight excluding hydrogens is 292 g/mol.